The van der Waals surface area contributed by atoms with E-state index in [1.165, 1.54) is 0 Å². The number of rotatable bonds is 7. The lowest BCUT2D eigenvalue weighted by Gasteiger charge is -2.08. The minimum atomic E-state index is -0.931. The van der Waals surface area contributed by atoms with Crippen LogP contribution in [-0.2, 0) is 9.59 Å². The molecule has 15 heavy (non-hydrogen) atoms. The first kappa shape index (κ1) is 14.1. The van der Waals surface area contributed by atoms with E-state index in [-0.39, 0.29) is 12.8 Å². The van der Waals surface area contributed by atoms with Crippen LogP contribution >= 0.6 is 9.24 Å². The minimum Gasteiger partial charge on any atom is -0.481 e. The fourth-order valence-electron chi connectivity index (χ4n) is 1.22. The summed E-state index contributed by atoms with van der Waals surface area (Å²) in [5.74, 6) is -1.84. The Morgan fingerprint density at radius 2 is 1.67 bits per heavy atom. The van der Waals surface area contributed by atoms with Gasteiger partial charge in [-0.15, -0.1) is 9.24 Å². The van der Waals surface area contributed by atoms with Gasteiger partial charge >= 0.3 is 11.9 Å². The van der Waals surface area contributed by atoms with Gasteiger partial charge in [-0.2, -0.15) is 0 Å². The summed E-state index contributed by atoms with van der Waals surface area (Å²) in [6, 6.07) is 0. The highest BCUT2D eigenvalue weighted by Gasteiger charge is 2.10. The Labute approximate surface area is 91.6 Å². The highest BCUT2D eigenvalue weighted by molar-refractivity contribution is 7.22. The lowest BCUT2D eigenvalue weighted by molar-refractivity contribution is -0.137. The maximum Gasteiger partial charge on any atom is 0.307 e. The van der Waals surface area contributed by atoms with Gasteiger partial charge in [0.15, 0.2) is 0 Å². The Hall–Kier alpha value is -0.890. The molecule has 0 fully saturated rings. The Bertz CT molecular complexity index is 271. The highest BCUT2D eigenvalue weighted by atomic mass is 31.0. The normalized spacial score (nSPS) is 12.1. The number of hydrogen-bond donors (Lipinski definition) is 2. The van der Waals surface area contributed by atoms with E-state index in [0.29, 0.717) is 11.7 Å². The molecule has 0 aromatic carbocycles. The van der Waals surface area contributed by atoms with Crippen LogP contribution in [-0.4, -0.2) is 22.2 Å². The molecule has 0 aliphatic carbocycles. The summed E-state index contributed by atoms with van der Waals surface area (Å²) in [6.45, 7) is 2.01. The molecule has 4 nitrogen and oxygen atoms in total. The largest absolute Gasteiger partial charge is 0.481 e. The average Bonchev–Trinajstić information content (AvgIpc) is 2.10. The lowest BCUT2D eigenvalue weighted by Crippen LogP contribution is -2.02. The second-order valence-electron chi connectivity index (χ2n) is 3.37. The number of hydrogen-bond acceptors (Lipinski definition) is 2. The Morgan fingerprint density at radius 1 is 1.13 bits per heavy atom. The van der Waals surface area contributed by atoms with Gasteiger partial charge in [0.05, 0.1) is 12.8 Å². The average molecular weight is 232 g/mol. The van der Waals surface area contributed by atoms with Crippen LogP contribution < -0.4 is 0 Å². The molecule has 0 amide bonds. The van der Waals surface area contributed by atoms with Crippen molar-refractivity contribution in [2.24, 2.45) is 0 Å². The molecule has 0 bridgehead atoms. The molecule has 0 aliphatic rings. The van der Waals surface area contributed by atoms with E-state index < -0.39 is 11.9 Å². The third-order valence-corrected chi connectivity index (χ3v) is 2.60. The van der Waals surface area contributed by atoms with E-state index in [4.69, 9.17) is 10.2 Å². The van der Waals surface area contributed by atoms with Crippen molar-refractivity contribution in [3.8, 4) is 0 Å². The maximum absolute atomic E-state index is 10.6. The van der Waals surface area contributed by atoms with Crippen LogP contribution in [0.2, 0.25) is 0 Å². The molecule has 0 saturated carbocycles. The Morgan fingerprint density at radius 3 is 2.07 bits per heavy atom. The summed E-state index contributed by atoms with van der Waals surface area (Å²) in [4.78, 5) is 21.1. The molecule has 0 aromatic rings. The van der Waals surface area contributed by atoms with Crippen molar-refractivity contribution in [1.82, 2.24) is 0 Å². The second-order valence-corrected chi connectivity index (χ2v) is 4.07. The first-order valence-electron chi connectivity index (χ1n) is 4.87. The molecule has 0 rings (SSSR count). The molecule has 1 atom stereocenters. The van der Waals surface area contributed by atoms with E-state index >= 15 is 0 Å². The Balaban J connectivity index is 4.55. The fourth-order valence-corrected chi connectivity index (χ4v) is 1.64. The molecule has 0 heterocycles. The van der Waals surface area contributed by atoms with Crippen LogP contribution in [0.5, 0.6) is 0 Å². The topological polar surface area (TPSA) is 74.6 Å². The first-order valence-corrected chi connectivity index (χ1v) is 5.45. The summed E-state index contributed by atoms with van der Waals surface area (Å²) in [6.07, 6.45) is 2.35. The van der Waals surface area contributed by atoms with Crippen molar-refractivity contribution < 1.29 is 19.8 Å². The molecule has 0 saturated heterocycles. The predicted octanol–water partition coefficient (Wildman–Crippen LogP) is 2.26. The summed E-state index contributed by atoms with van der Waals surface area (Å²) in [5.41, 5.74) is 0.719. The van der Waals surface area contributed by atoms with Gasteiger partial charge < -0.3 is 10.2 Å². The van der Waals surface area contributed by atoms with Crippen molar-refractivity contribution in [3.63, 3.8) is 0 Å². The third-order valence-electron chi connectivity index (χ3n) is 1.99. The second kappa shape index (κ2) is 7.41. The minimum absolute atomic E-state index is 0.0634. The van der Waals surface area contributed by atoms with Gasteiger partial charge in [0.2, 0.25) is 0 Å². The number of aliphatic carboxylic acids is 2. The predicted molar refractivity (Wildman–Crippen MR) is 60.8 cm³/mol. The van der Waals surface area contributed by atoms with E-state index in [1.807, 2.05) is 6.92 Å². The van der Waals surface area contributed by atoms with Crippen molar-refractivity contribution in [2.75, 3.05) is 0 Å². The van der Waals surface area contributed by atoms with Gasteiger partial charge in [0.25, 0.3) is 0 Å². The molecular formula is C10H17O4P. The summed E-state index contributed by atoms with van der Waals surface area (Å²) in [5, 5.41) is 17.9. The third kappa shape index (κ3) is 7.09. The van der Waals surface area contributed by atoms with Crippen molar-refractivity contribution >= 4 is 21.2 Å². The molecule has 86 valence electrons. The van der Waals surface area contributed by atoms with Crippen molar-refractivity contribution in [3.05, 3.63) is 10.9 Å². The number of carbonyl (C=O) groups is 2. The molecule has 2 N–H and O–H groups in total. The summed E-state index contributed by atoms with van der Waals surface area (Å²) < 4.78 is 0. The van der Waals surface area contributed by atoms with E-state index in [9.17, 15) is 9.59 Å². The standard InChI is InChI=1S/C10H17O4P/c1-2-3-4-7(5-9(11)12)8(15)6-10(13)14/h2-6,15H2,1H3,(H,11,12)(H,13,14). The van der Waals surface area contributed by atoms with Crippen LogP contribution in [0.25, 0.3) is 0 Å². The van der Waals surface area contributed by atoms with Gasteiger partial charge in [0.1, 0.15) is 0 Å². The SMILES string of the molecule is CCCCC(CC(=O)O)=C(P)CC(=O)O. The van der Waals surface area contributed by atoms with Gasteiger partial charge in [-0.1, -0.05) is 18.9 Å². The number of carboxylic acids is 2. The summed E-state index contributed by atoms with van der Waals surface area (Å²) in [7, 11) is 2.34. The lowest BCUT2D eigenvalue weighted by atomic mass is 10.0. The van der Waals surface area contributed by atoms with Crippen LogP contribution in [0.3, 0.4) is 0 Å². The van der Waals surface area contributed by atoms with Gasteiger partial charge in [-0.3, -0.25) is 9.59 Å². The van der Waals surface area contributed by atoms with Crippen LogP contribution in [0.15, 0.2) is 10.9 Å². The zero-order valence-electron chi connectivity index (χ0n) is 8.82. The molecule has 1 unspecified atom stereocenters. The molecule has 0 aromatic heterocycles. The van der Waals surface area contributed by atoms with Crippen molar-refractivity contribution in [2.45, 2.75) is 39.0 Å². The molecule has 0 spiro atoms. The molecule has 0 aliphatic heterocycles. The maximum atomic E-state index is 10.6. The highest BCUT2D eigenvalue weighted by Crippen LogP contribution is 2.23. The van der Waals surface area contributed by atoms with E-state index in [1.54, 1.807) is 0 Å². The smallest absolute Gasteiger partial charge is 0.307 e. The molecule has 0 radical (unpaired) electrons. The fraction of sp³-hybridized carbons (Fsp3) is 0.600. The van der Waals surface area contributed by atoms with Gasteiger partial charge in [-0.25, -0.2) is 0 Å². The first-order chi connectivity index (χ1) is 6.97. The Kier molecular flexibility index (Phi) is 6.97. The van der Waals surface area contributed by atoms with Gasteiger partial charge in [0, 0.05) is 0 Å². The zero-order valence-corrected chi connectivity index (χ0v) is 9.98. The van der Waals surface area contributed by atoms with Crippen LogP contribution in [0, 0.1) is 0 Å². The summed E-state index contributed by atoms with van der Waals surface area (Å²) >= 11 is 0. The van der Waals surface area contributed by atoms with Crippen LogP contribution in [0.1, 0.15) is 39.0 Å². The quantitative estimate of drug-likeness (QED) is 0.660. The molecular weight excluding hydrogens is 215 g/mol. The van der Waals surface area contributed by atoms with Gasteiger partial charge in [-0.05, 0) is 18.2 Å². The number of carboxylic acid groups (broad SMARTS) is 2. The number of unbranched alkanes of at least 4 members (excludes halogenated alkanes) is 1. The monoisotopic (exact) mass is 232 g/mol. The van der Waals surface area contributed by atoms with E-state index in [0.717, 1.165) is 18.4 Å². The van der Waals surface area contributed by atoms with Crippen LogP contribution in [0.4, 0.5) is 0 Å². The van der Waals surface area contributed by atoms with E-state index in [2.05, 4.69) is 9.24 Å². The zero-order chi connectivity index (χ0) is 11.8. The van der Waals surface area contributed by atoms with Crippen molar-refractivity contribution in [1.29, 1.82) is 0 Å². The molecule has 5 heteroatoms.